The van der Waals surface area contributed by atoms with Crippen molar-refractivity contribution in [2.45, 2.75) is 6.42 Å². The van der Waals surface area contributed by atoms with Crippen molar-refractivity contribution in [3.63, 3.8) is 0 Å². The van der Waals surface area contributed by atoms with E-state index in [1.54, 1.807) is 18.2 Å². The molecule has 142 valence electrons. The minimum Gasteiger partial charge on any atom is -0.465 e. The number of hydrogen-bond donors (Lipinski definition) is 2. The highest BCUT2D eigenvalue weighted by Gasteiger charge is 2.33. The minimum absolute atomic E-state index is 0.0892. The summed E-state index contributed by atoms with van der Waals surface area (Å²) in [4.78, 5) is 29.8. The van der Waals surface area contributed by atoms with Crippen LogP contribution in [-0.2, 0) is 16.0 Å². The third-order valence-electron chi connectivity index (χ3n) is 4.38. The Morgan fingerprint density at radius 1 is 1.29 bits per heavy atom. The van der Waals surface area contributed by atoms with Gasteiger partial charge in [-0.3, -0.25) is 14.5 Å². The third kappa shape index (κ3) is 3.88. The lowest BCUT2D eigenvalue weighted by molar-refractivity contribution is -0.128. The van der Waals surface area contributed by atoms with Gasteiger partial charge in [-0.1, -0.05) is 42.2 Å². The summed E-state index contributed by atoms with van der Waals surface area (Å²) in [5, 5.41) is 4.01. The van der Waals surface area contributed by atoms with Crippen molar-refractivity contribution in [2.24, 2.45) is 0 Å². The lowest BCUT2D eigenvalue weighted by atomic mass is 10.1. The Hall–Kier alpha value is -2.84. The smallest absolute Gasteiger partial charge is 0.266 e. The second-order valence-electron chi connectivity index (χ2n) is 6.24. The highest BCUT2D eigenvalue weighted by Crippen LogP contribution is 2.32. The second-order valence-corrected chi connectivity index (χ2v) is 7.92. The molecule has 3 heterocycles. The van der Waals surface area contributed by atoms with Crippen LogP contribution in [0.4, 0.5) is 0 Å². The fraction of sp³-hybridized carbons (Fsp3) is 0.150. The zero-order valence-electron chi connectivity index (χ0n) is 14.8. The van der Waals surface area contributed by atoms with Crippen LogP contribution in [-0.4, -0.2) is 39.1 Å². The van der Waals surface area contributed by atoms with Gasteiger partial charge in [-0.25, -0.2) is 0 Å². The van der Waals surface area contributed by atoms with Gasteiger partial charge in [0.1, 0.15) is 16.6 Å². The maximum Gasteiger partial charge on any atom is 0.266 e. The first kappa shape index (κ1) is 18.5. The minimum atomic E-state index is -0.279. The number of aromatic nitrogens is 1. The maximum absolute atomic E-state index is 12.5. The van der Waals surface area contributed by atoms with Gasteiger partial charge in [0.2, 0.25) is 5.91 Å². The van der Waals surface area contributed by atoms with E-state index in [4.69, 9.17) is 16.6 Å². The molecule has 1 aliphatic rings. The Morgan fingerprint density at radius 3 is 2.96 bits per heavy atom. The fourth-order valence-corrected chi connectivity index (χ4v) is 4.25. The van der Waals surface area contributed by atoms with E-state index in [9.17, 15) is 9.59 Å². The number of benzene rings is 1. The van der Waals surface area contributed by atoms with Crippen molar-refractivity contribution in [3.8, 4) is 0 Å². The van der Waals surface area contributed by atoms with Crippen molar-refractivity contribution in [1.29, 1.82) is 0 Å². The number of H-pyrrole nitrogens is 1. The maximum atomic E-state index is 12.5. The number of carbonyl (C=O) groups is 2. The standard InChI is InChI=1S/C20H17N3O3S2/c24-18(21-8-7-13-11-22-16-6-2-1-5-15(13)16)12-23-19(25)17(28-20(23)27)10-14-4-3-9-26-14/h1-6,9-11,22H,7-8,12H2,(H,21,24)/b17-10-. The zero-order valence-corrected chi connectivity index (χ0v) is 16.4. The Kier molecular flexibility index (Phi) is 5.31. The lowest BCUT2D eigenvalue weighted by Crippen LogP contribution is -2.40. The molecule has 6 nitrogen and oxygen atoms in total. The number of para-hydroxylation sites is 1. The van der Waals surface area contributed by atoms with Crippen LogP contribution in [0.25, 0.3) is 17.0 Å². The van der Waals surface area contributed by atoms with E-state index in [0.29, 0.717) is 28.0 Å². The molecule has 0 atom stereocenters. The van der Waals surface area contributed by atoms with Crippen molar-refractivity contribution in [2.75, 3.05) is 13.1 Å². The number of thioether (sulfide) groups is 1. The van der Waals surface area contributed by atoms with Crippen LogP contribution in [0, 0.1) is 0 Å². The summed E-state index contributed by atoms with van der Waals surface area (Å²) in [7, 11) is 0. The number of amides is 2. The SMILES string of the molecule is O=C(CN1C(=O)/C(=C/c2ccco2)SC1=S)NCCc1c[nH]c2ccccc12. The highest BCUT2D eigenvalue weighted by molar-refractivity contribution is 8.26. The van der Waals surface area contributed by atoms with Crippen LogP contribution < -0.4 is 5.32 Å². The van der Waals surface area contributed by atoms with E-state index in [-0.39, 0.29) is 18.4 Å². The number of hydrogen-bond acceptors (Lipinski definition) is 5. The molecule has 4 rings (SSSR count). The number of furan rings is 1. The molecule has 2 amide bonds. The van der Waals surface area contributed by atoms with Crippen LogP contribution in [0.3, 0.4) is 0 Å². The van der Waals surface area contributed by atoms with Crippen molar-refractivity contribution in [1.82, 2.24) is 15.2 Å². The Labute approximate surface area is 171 Å². The van der Waals surface area contributed by atoms with Crippen LogP contribution in [0.5, 0.6) is 0 Å². The second kappa shape index (κ2) is 8.04. The van der Waals surface area contributed by atoms with E-state index < -0.39 is 0 Å². The molecule has 1 saturated heterocycles. The van der Waals surface area contributed by atoms with Crippen LogP contribution in [0.15, 0.2) is 58.2 Å². The van der Waals surface area contributed by atoms with Crippen LogP contribution >= 0.6 is 24.0 Å². The molecule has 1 aliphatic heterocycles. The van der Waals surface area contributed by atoms with Gasteiger partial charge in [-0.15, -0.1) is 0 Å². The normalized spacial score (nSPS) is 15.7. The first-order valence-electron chi connectivity index (χ1n) is 8.72. The molecule has 1 fully saturated rings. The quantitative estimate of drug-likeness (QED) is 0.481. The topological polar surface area (TPSA) is 78.3 Å². The van der Waals surface area contributed by atoms with Gasteiger partial charge in [-0.2, -0.15) is 0 Å². The molecule has 0 unspecified atom stereocenters. The lowest BCUT2D eigenvalue weighted by Gasteiger charge is -2.14. The molecule has 2 N–H and O–H groups in total. The van der Waals surface area contributed by atoms with Gasteiger partial charge in [0.05, 0.1) is 11.2 Å². The van der Waals surface area contributed by atoms with E-state index in [1.807, 2.05) is 24.4 Å². The largest absolute Gasteiger partial charge is 0.465 e. The van der Waals surface area contributed by atoms with Gasteiger partial charge in [0.15, 0.2) is 0 Å². The van der Waals surface area contributed by atoms with E-state index in [1.165, 1.54) is 22.9 Å². The average Bonchev–Trinajstić information content (AvgIpc) is 3.40. The molecular weight excluding hydrogens is 394 g/mol. The molecule has 0 aliphatic carbocycles. The van der Waals surface area contributed by atoms with Crippen molar-refractivity contribution >= 4 is 57.1 Å². The Bertz CT molecular complexity index is 1070. The summed E-state index contributed by atoms with van der Waals surface area (Å²) in [6, 6.07) is 11.5. The van der Waals surface area contributed by atoms with Crippen molar-refractivity contribution in [3.05, 3.63) is 65.1 Å². The van der Waals surface area contributed by atoms with Crippen LogP contribution in [0.2, 0.25) is 0 Å². The predicted molar refractivity (Wildman–Crippen MR) is 114 cm³/mol. The summed E-state index contributed by atoms with van der Waals surface area (Å²) in [6.45, 7) is 0.395. The number of nitrogens with one attached hydrogen (secondary N) is 2. The summed E-state index contributed by atoms with van der Waals surface area (Å²) in [5.74, 6) is 0.0530. The average molecular weight is 412 g/mol. The number of nitrogens with zero attached hydrogens (tertiary/aromatic N) is 1. The summed E-state index contributed by atoms with van der Waals surface area (Å²) >= 11 is 6.42. The number of fused-ring (bicyclic) bond motifs is 1. The van der Waals surface area contributed by atoms with Gasteiger partial charge in [0, 0.05) is 29.7 Å². The predicted octanol–water partition coefficient (Wildman–Crippen LogP) is 3.32. The number of carbonyl (C=O) groups excluding carboxylic acids is 2. The van der Waals surface area contributed by atoms with Crippen LogP contribution in [0.1, 0.15) is 11.3 Å². The molecule has 0 bridgehead atoms. The molecule has 0 saturated carbocycles. The van der Waals surface area contributed by atoms with E-state index in [0.717, 1.165) is 16.5 Å². The fourth-order valence-electron chi connectivity index (χ4n) is 3.01. The van der Waals surface area contributed by atoms with Gasteiger partial charge < -0.3 is 14.7 Å². The molecule has 28 heavy (non-hydrogen) atoms. The van der Waals surface area contributed by atoms with E-state index in [2.05, 4.69) is 16.4 Å². The van der Waals surface area contributed by atoms with E-state index >= 15 is 0 Å². The van der Waals surface area contributed by atoms with Gasteiger partial charge >= 0.3 is 0 Å². The number of thiocarbonyl (C=S) groups is 1. The first-order chi connectivity index (χ1) is 13.6. The molecule has 0 radical (unpaired) electrons. The highest BCUT2D eigenvalue weighted by atomic mass is 32.2. The summed E-state index contributed by atoms with van der Waals surface area (Å²) in [5.41, 5.74) is 2.22. The monoisotopic (exact) mass is 411 g/mol. The molecule has 3 aromatic rings. The zero-order chi connectivity index (χ0) is 19.5. The number of aromatic amines is 1. The Balaban J connectivity index is 1.32. The van der Waals surface area contributed by atoms with Gasteiger partial charge in [-0.05, 0) is 30.2 Å². The summed E-state index contributed by atoms with van der Waals surface area (Å²) in [6.07, 6.45) is 5.83. The molecular formula is C20H17N3O3S2. The molecule has 2 aromatic heterocycles. The third-order valence-corrected chi connectivity index (χ3v) is 5.76. The van der Waals surface area contributed by atoms with Crippen molar-refractivity contribution < 1.29 is 14.0 Å². The molecule has 0 spiro atoms. The first-order valence-corrected chi connectivity index (χ1v) is 9.95. The number of rotatable bonds is 6. The summed E-state index contributed by atoms with van der Waals surface area (Å²) < 4.78 is 5.60. The molecule has 8 heteroatoms. The Morgan fingerprint density at radius 2 is 2.14 bits per heavy atom. The molecule has 1 aromatic carbocycles. The van der Waals surface area contributed by atoms with Gasteiger partial charge in [0.25, 0.3) is 5.91 Å².